The van der Waals surface area contributed by atoms with Gasteiger partial charge in [0.1, 0.15) is 5.82 Å². The van der Waals surface area contributed by atoms with E-state index in [0.717, 1.165) is 18.7 Å². The number of carbonyl (C=O) groups excluding carboxylic acids is 1. The zero-order valence-electron chi connectivity index (χ0n) is 14.0. The summed E-state index contributed by atoms with van der Waals surface area (Å²) in [7, 11) is 1.89. The second-order valence-corrected chi connectivity index (χ2v) is 6.06. The number of rotatable bonds is 5. The van der Waals surface area contributed by atoms with Gasteiger partial charge in [0.25, 0.3) is 0 Å². The molecule has 1 aliphatic carbocycles. The van der Waals surface area contributed by atoms with Crippen LogP contribution in [0.25, 0.3) is 11.5 Å². The fourth-order valence-electron chi connectivity index (χ4n) is 2.66. The van der Waals surface area contributed by atoms with Crippen LogP contribution in [0, 0.1) is 6.92 Å². The Labute approximate surface area is 143 Å². The summed E-state index contributed by atoms with van der Waals surface area (Å²) in [6.45, 7) is 1.76. The molecule has 25 heavy (non-hydrogen) atoms. The number of nitrogens with zero attached hydrogens (tertiary/aromatic N) is 5. The van der Waals surface area contributed by atoms with E-state index in [1.54, 1.807) is 31.2 Å². The molecule has 0 spiro atoms. The van der Waals surface area contributed by atoms with E-state index in [4.69, 9.17) is 9.15 Å². The second kappa shape index (κ2) is 6.12. The summed E-state index contributed by atoms with van der Waals surface area (Å²) < 4.78 is 12.7. The molecule has 0 N–H and O–H groups in total. The van der Waals surface area contributed by atoms with Crippen molar-refractivity contribution in [1.82, 2.24) is 25.0 Å². The molecule has 8 nitrogen and oxygen atoms in total. The molecule has 128 valence electrons. The number of aryl methyl sites for hydroxylation is 1. The van der Waals surface area contributed by atoms with Gasteiger partial charge < -0.3 is 13.7 Å². The first-order valence-electron chi connectivity index (χ1n) is 8.08. The van der Waals surface area contributed by atoms with Crippen LogP contribution in [0.2, 0.25) is 0 Å². The van der Waals surface area contributed by atoms with Crippen molar-refractivity contribution in [2.75, 3.05) is 0 Å². The molecule has 3 aromatic rings. The lowest BCUT2D eigenvalue weighted by molar-refractivity contribution is 0.0459. The number of ether oxygens (including phenoxy) is 1. The molecule has 1 fully saturated rings. The predicted molar refractivity (Wildman–Crippen MR) is 86.6 cm³/mol. The minimum Gasteiger partial charge on any atom is -0.454 e. The number of hydrogen-bond acceptors (Lipinski definition) is 7. The third kappa shape index (κ3) is 3.02. The van der Waals surface area contributed by atoms with Gasteiger partial charge in [0.2, 0.25) is 11.8 Å². The molecule has 0 amide bonds. The Balaban J connectivity index is 1.52. The molecule has 4 rings (SSSR count). The minimum absolute atomic E-state index is 0.0618. The molecule has 8 heteroatoms. The summed E-state index contributed by atoms with van der Waals surface area (Å²) in [6.07, 6.45) is 2.28. The van der Waals surface area contributed by atoms with Crippen LogP contribution in [0.1, 0.15) is 46.7 Å². The molecule has 2 aromatic heterocycles. The van der Waals surface area contributed by atoms with Crippen LogP contribution in [-0.2, 0) is 18.4 Å². The molecule has 0 saturated heterocycles. The monoisotopic (exact) mass is 339 g/mol. The number of carbonyl (C=O) groups is 1. The number of aromatic nitrogens is 5. The molecular formula is C17H17N5O3. The number of hydrogen-bond donors (Lipinski definition) is 0. The molecule has 0 aliphatic heterocycles. The molecule has 1 aromatic carbocycles. The maximum absolute atomic E-state index is 12.5. The van der Waals surface area contributed by atoms with Gasteiger partial charge in [0.05, 0.1) is 11.1 Å². The first-order valence-corrected chi connectivity index (χ1v) is 8.08. The second-order valence-electron chi connectivity index (χ2n) is 6.06. The van der Waals surface area contributed by atoms with Crippen LogP contribution in [-0.4, -0.2) is 30.9 Å². The maximum Gasteiger partial charge on any atom is 0.339 e. The number of benzene rings is 1. The molecule has 2 heterocycles. The van der Waals surface area contributed by atoms with Crippen molar-refractivity contribution >= 4 is 5.97 Å². The average Bonchev–Trinajstić information content (AvgIpc) is 3.27. The molecule has 0 radical (unpaired) electrons. The smallest absolute Gasteiger partial charge is 0.339 e. The summed E-state index contributed by atoms with van der Waals surface area (Å²) >= 11 is 0. The van der Waals surface area contributed by atoms with Crippen molar-refractivity contribution in [1.29, 1.82) is 0 Å². The molecule has 1 saturated carbocycles. The number of esters is 1. The Morgan fingerprint density at radius 2 is 2.04 bits per heavy atom. The van der Waals surface area contributed by atoms with Crippen LogP contribution >= 0.6 is 0 Å². The first-order chi connectivity index (χ1) is 12.1. The largest absolute Gasteiger partial charge is 0.454 e. The summed E-state index contributed by atoms with van der Waals surface area (Å²) in [5.41, 5.74) is 0.917. The van der Waals surface area contributed by atoms with E-state index in [0.29, 0.717) is 34.7 Å². The van der Waals surface area contributed by atoms with Gasteiger partial charge in [-0.25, -0.2) is 4.79 Å². The van der Waals surface area contributed by atoms with Gasteiger partial charge >= 0.3 is 5.97 Å². The molecule has 1 aliphatic rings. The van der Waals surface area contributed by atoms with Crippen LogP contribution in [0.3, 0.4) is 0 Å². The van der Waals surface area contributed by atoms with E-state index in [-0.39, 0.29) is 6.61 Å². The third-order valence-electron chi connectivity index (χ3n) is 4.18. The summed E-state index contributed by atoms with van der Waals surface area (Å²) in [5, 5.41) is 16.1. The summed E-state index contributed by atoms with van der Waals surface area (Å²) in [4.78, 5) is 12.5. The van der Waals surface area contributed by atoms with Crippen molar-refractivity contribution in [2.45, 2.75) is 32.3 Å². The Morgan fingerprint density at radius 3 is 2.76 bits per heavy atom. The van der Waals surface area contributed by atoms with Crippen LogP contribution in [0.15, 0.2) is 28.7 Å². The van der Waals surface area contributed by atoms with Crippen molar-refractivity contribution < 1.29 is 13.9 Å². The van der Waals surface area contributed by atoms with E-state index in [1.807, 2.05) is 11.6 Å². The van der Waals surface area contributed by atoms with Crippen molar-refractivity contribution in [3.63, 3.8) is 0 Å². The Kier molecular flexibility index (Phi) is 3.79. The standard InChI is InChI=1S/C17H17N5O3/c1-10-18-21-16(25-10)12-5-3-4-6-13(12)17(23)24-9-14-19-20-15(22(14)2)11-7-8-11/h3-6,11H,7-9H2,1-2H3. The van der Waals surface area contributed by atoms with Crippen molar-refractivity contribution in [3.8, 4) is 11.5 Å². The lowest BCUT2D eigenvalue weighted by Crippen LogP contribution is -2.10. The normalized spacial score (nSPS) is 13.8. The van der Waals surface area contributed by atoms with E-state index in [9.17, 15) is 4.79 Å². The highest BCUT2D eigenvalue weighted by Gasteiger charge is 2.29. The van der Waals surface area contributed by atoms with Crippen molar-refractivity contribution in [3.05, 3.63) is 47.4 Å². The maximum atomic E-state index is 12.5. The predicted octanol–water partition coefficient (Wildman–Crippen LogP) is 2.41. The van der Waals surface area contributed by atoms with Crippen LogP contribution in [0.5, 0.6) is 0 Å². The minimum atomic E-state index is -0.470. The topological polar surface area (TPSA) is 95.9 Å². The van der Waals surface area contributed by atoms with E-state index in [1.165, 1.54) is 0 Å². The molecule has 0 atom stereocenters. The van der Waals surface area contributed by atoms with Gasteiger partial charge in [0.15, 0.2) is 12.4 Å². The van der Waals surface area contributed by atoms with Crippen LogP contribution in [0.4, 0.5) is 0 Å². The highest BCUT2D eigenvalue weighted by molar-refractivity contribution is 5.96. The van der Waals surface area contributed by atoms with E-state index >= 15 is 0 Å². The Bertz CT molecular complexity index is 926. The van der Waals surface area contributed by atoms with Gasteiger partial charge in [-0.2, -0.15) is 0 Å². The zero-order valence-corrected chi connectivity index (χ0v) is 14.0. The Hall–Kier alpha value is -3.03. The highest BCUT2D eigenvalue weighted by atomic mass is 16.5. The van der Waals surface area contributed by atoms with Crippen molar-refractivity contribution in [2.24, 2.45) is 7.05 Å². The Morgan fingerprint density at radius 1 is 1.24 bits per heavy atom. The van der Waals surface area contributed by atoms with Gasteiger partial charge in [-0.05, 0) is 25.0 Å². The zero-order chi connectivity index (χ0) is 17.4. The summed E-state index contributed by atoms with van der Waals surface area (Å²) in [5.74, 6) is 2.32. The van der Waals surface area contributed by atoms with Gasteiger partial charge in [-0.1, -0.05) is 12.1 Å². The first kappa shape index (κ1) is 15.5. The van der Waals surface area contributed by atoms with Gasteiger partial charge in [0, 0.05) is 19.9 Å². The lowest BCUT2D eigenvalue weighted by Gasteiger charge is -2.07. The quantitative estimate of drug-likeness (QED) is 0.659. The fourth-order valence-corrected chi connectivity index (χ4v) is 2.66. The highest BCUT2D eigenvalue weighted by Crippen LogP contribution is 2.38. The SMILES string of the molecule is Cc1nnc(-c2ccccc2C(=O)OCc2nnc(C3CC3)n2C)o1. The molecule has 0 bridgehead atoms. The van der Waals surface area contributed by atoms with E-state index < -0.39 is 5.97 Å². The third-order valence-corrected chi connectivity index (χ3v) is 4.18. The van der Waals surface area contributed by atoms with Crippen LogP contribution < -0.4 is 0 Å². The van der Waals surface area contributed by atoms with Gasteiger partial charge in [-0.15, -0.1) is 20.4 Å². The molecule has 0 unspecified atom stereocenters. The summed E-state index contributed by atoms with van der Waals surface area (Å²) in [6, 6.07) is 6.98. The average molecular weight is 339 g/mol. The van der Waals surface area contributed by atoms with Gasteiger partial charge in [-0.3, -0.25) is 0 Å². The lowest BCUT2D eigenvalue weighted by atomic mass is 10.1. The van der Waals surface area contributed by atoms with E-state index in [2.05, 4.69) is 20.4 Å². The fraction of sp³-hybridized carbons (Fsp3) is 0.353. The molecular weight excluding hydrogens is 322 g/mol.